The minimum absolute atomic E-state index is 0.451. The molecule has 0 aliphatic rings. The van der Waals surface area contributed by atoms with Crippen molar-refractivity contribution in [2.75, 3.05) is 0 Å². The van der Waals surface area contributed by atoms with E-state index in [2.05, 4.69) is 73.5 Å². The summed E-state index contributed by atoms with van der Waals surface area (Å²) in [6.45, 7) is 0. The average Bonchev–Trinajstić information content (AvgIpc) is 3.45. The number of carbonyl (C=O) groups excluding carboxylic acids is 1. The SMILES string of the molecule is O=C(NN=Cc1cc(-c2ccccc2)n(-c2ccc(Br)cc2)c1-c1ccccc1)C(O)(c1ccccc1)c1ccccc1. The lowest BCUT2D eigenvalue weighted by atomic mass is 9.85. The lowest BCUT2D eigenvalue weighted by Gasteiger charge is -2.27. The summed E-state index contributed by atoms with van der Waals surface area (Å²) in [7, 11) is 0. The fourth-order valence-corrected chi connectivity index (χ4v) is 5.49. The van der Waals surface area contributed by atoms with Gasteiger partial charge in [-0.25, -0.2) is 5.43 Å². The van der Waals surface area contributed by atoms with E-state index in [1.54, 1.807) is 54.7 Å². The van der Waals surface area contributed by atoms with E-state index < -0.39 is 11.5 Å². The van der Waals surface area contributed by atoms with Crippen LogP contribution in [0.5, 0.6) is 0 Å². The Morgan fingerprint density at radius 1 is 0.698 bits per heavy atom. The molecule has 2 N–H and O–H groups in total. The van der Waals surface area contributed by atoms with Crippen molar-refractivity contribution in [3.05, 3.63) is 173 Å². The Kier molecular flexibility index (Phi) is 8.13. The average molecular weight is 627 g/mol. The van der Waals surface area contributed by atoms with Gasteiger partial charge in [0.1, 0.15) is 0 Å². The lowest BCUT2D eigenvalue weighted by Crippen LogP contribution is -2.43. The first-order valence-corrected chi connectivity index (χ1v) is 14.6. The predicted molar refractivity (Wildman–Crippen MR) is 176 cm³/mol. The normalized spacial score (nSPS) is 11.5. The molecule has 5 nitrogen and oxygen atoms in total. The highest BCUT2D eigenvalue weighted by Crippen LogP contribution is 2.36. The Hall–Kier alpha value is -5.04. The Bertz CT molecular complexity index is 1810. The van der Waals surface area contributed by atoms with Gasteiger partial charge in [0.25, 0.3) is 5.91 Å². The molecule has 0 unspecified atom stereocenters. The summed E-state index contributed by atoms with van der Waals surface area (Å²) in [5, 5.41) is 16.2. The minimum Gasteiger partial charge on any atom is -0.372 e. The highest BCUT2D eigenvalue weighted by Gasteiger charge is 2.39. The van der Waals surface area contributed by atoms with E-state index in [1.807, 2.05) is 60.7 Å². The number of aliphatic hydroxyl groups is 1. The van der Waals surface area contributed by atoms with Gasteiger partial charge >= 0.3 is 0 Å². The van der Waals surface area contributed by atoms with Crippen LogP contribution in [0.1, 0.15) is 16.7 Å². The smallest absolute Gasteiger partial charge is 0.281 e. The second kappa shape index (κ2) is 12.4. The van der Waals surface area contributed by atoms with Crippen LogP contribution >= 0.6 is 15.9 Å². The first kappa shape index (κ1) is 28.1. The van der Waals surface area contributed by atoms with Crippen molar-refractivity contribution in [3.8, 4) is 28.2 Å². The second-order valence-electron chi connectivity index (χ2n) is 10.0. The molecular weight excluding hydrogens is 598 g/mol. The molecule has 0 radical (unpaired) electrons. The Balaban J connectivity index is 1.45. The summed E-state index contributed by atoms with van der Waals surface area (Å²) in [4.78, 5) is 13.7. The van der Waals surface area contributed by atoms with Gasteiger partial charge in [0.2, 0.25) is 0 Å². The summed E-state index contributed by atoms with van der Waals surface area (Å²) in [5.74, 6) is -0.655. The molecule has 6 heteroatoms. The van der Waals surface area contributed by atoms with E-state index in [0.29, 0.717) is 11.1 Å². The number of hydrogen-bond acceptors (Lipinski definition) is 3. The third kappa shape index (κ3) is 5.71. The van der Waals surface area contributed by atoms with Gasteiger partial charge < -0.3 is 9.67 Å². The van der Waals surface area contributed by atoms with Gasteiger partial charge in [-0.05, 0) is 52.6 Å². The van der Waals surface area contributed by atoms with Gasteiger partial charge in [0.15, 0.2) is 5.60 Å². The van der Waals surface area contributed by atoms with E-state index in [0.717, 1.165) is 38.2 Å². The van der Waals surface area contributed by atoms with Crippen molar-refractivity contribution < 1.29 is 9.90 Å². The zero-order chi connectivity index (χ0) is 29.6. The van der Waals surface area contributed by atoms with Gasteiger partial charge in [-0.3, -0.25) is 4.79 Å². The van der Waals surface area contributed by atoms with Crippen LogP contribution in [-0.2, 0) is 10.4 Å². The summed E-state index contributed by atoms with van der Waals surface area (Å²) >= 11 is 3.56. The van der Waals surface area contributed by atoms with E-state index in [1.165, 1.54) is 0 Å². The number of nitrogens with one attached hydrogen (secondary N) is 1. The topological polar surface area (TPSA) is 66.6 Å². The second-order valence-corrected chi connectivity index (χ2v) is 10.9. The Morgan fingerprint density at radius 2 is 1.19 bits per heavy atom. The zero-order valence-corrected chi connectivity index (χ0v) is 24.7. The highest BCUT2D eigenvalue weighted by atomic mass is 79.9. The number of rotatable bonds is 8. The quantitative estimate of drug-likeness (QED) is 0.133. The largest absolute Gasteiger partial charge is 0.372 e. The summed E-state index contributed by atoms with van der Waals surface area (Å²) in [6.07, 6.45) is 1.64. The summed E-state index contributed by atoms with van der Waals surface area (Å²) in [6, 6.07) is 48.3. The van der Waals surface area contributed by atoms with Gasteiger partial charge in [-0.15, -0.1) is 0 Å². The molecule has 0 aliphatic heterocycles. The maximum Gasteiger partial charge on any atom is 0.281 e. The number of hydrazone groups is 1. The van der Waals surface area contributed by atoms with Crippen molar-refractivity contribution in [2.24, 2.45) is 5.10 Å². The molecule has 5 aromatic carbocycles. The van der Waals surface area contributed by atoms with Crippen LogP contribution in [0.15, 0.2) is 161 Å². The van der Waals surface area contributed by atoms with Crippen LogP contribution in [0.2, 0.25) is 0 Å². The van der Waals surface area contributed by atoms with E-state index in [-0.39, 0.29) is 0 Å². The molecular formula is C37H28BrN3O2. The molecule has 0 fully saturated rings. The van der Waals surface area contributed by atoms with Crippen LogP contribution < -0.4 is 5.43 Å². The van der Waals surface area contributed by atoms with E-state index in [9.17, 15) is 9.90 Å². The minimum atomic E-state index is -1.93. The molecule has 0 spiro atoms. The third-order valence-electron chi connectivity index (χ3n) is 7.31. The van der Waals surface area contributed by atoms with Gasteiger partial charge in [-0.1, -0.05) is 137 Å². The maximum atomic E-state index is 13.7. The molecule has 0 saturated carbocycles. The van der Waals surface area contributed by atoms with Crippen LogP contribution in [-0.4, -0.2) is 21.8 Å². The predicted octanol–water partition coefficient (Wildman–Crippen LogP) is 7.96. The number of amides is 1. The van der Waals surface area contributed by atoms with Crippen LogP contribution in [0.25, 0.3) is 28.2 Å². The number of hydrogen-bond donors (Lipinski definition) is 2. The third-order valence-corrected chi connectivity index (χ3v) is 7.84. The maximum absolute atomic E-state index is 13.7. The molecule has 0 atom stereocenters. The first-order valence-electron chi connectivity index (χ1n) is 13.8. The molecule has 1 amide bonds. The van der Waals surface area contributed by atoms with Crippen molar-refractivity contribution in [1.82, 2.24) is 9.99 Å². The molecule has 0 bridgehead atoms. The van der Waals surface area contributed by atoms with Crippen molar-refractivity contribution in [2.45, 2.75) is 5.60 Å². The number of aromatic nitrogens is 1. The Labute approximate surface area is 258 Å². The molecule has 0 saturated heterocycles. The summed E-state index contributed by atoms with van der Waals surface area (Å²) in [5.41, 5.74) is 7.30. The van der Waals surface area contributed by atoms with Crippen LogP contribution in [0.3, 0.4) is 0 Å². The molecule has 43 heavy (non-hydrogen) atoms. The van der Waals surface area contributed by atoms with Crippen molar-refractivity contribution in [1.29, 1.82) is 0 Å². The summed E-state index contributed by atoms with van der Waals surface area (Å²) < 4.78 is 3.18. The van der Waals surface area contributed by atoms with Gasteiger partial charge in [0, 0.05) is 15.7 Å². The highest BCUT2D eigenvalue weighted by molar-refractivity contribution is 9.10. The standard InChI is InChI=1S/C37H28BrN3O2/c38-32-21-23-33(24-22-32)41-34(27-13-5-1-6-14-27)25-29(35(41)28-15-7-2-8-16-28)26-39-40-36(42)37(43,30-17-9-3-10-18-30)31-19-11-4-12-20-31/h1-26,43H,(H,40,42). The van der Waals surface area contributed by atoms with E-state index >= 15 is 0 Å². The number of benzene rings is 5. The number of halogens is 1. The van der Waals surface area contributed by atoms with Crippen molar-refractivity contribution in [3.63, 3.8) is 0 Å². The molecule has 6 rings (SSSR count). The number of carbonyl (C=O) groups is 1. The lowest BCUT2D eigenvalue weighted by molar-refractivity contribution is -0.136. The number of nitrogens with zero attached hydrogens (tertiary/aromatic N) is 2. The van der Waals surface area contributed by atoms with Crippen molar-refractivity contribution >= 4 is 28.1 Å². The molecule has 210 valence electrons. The first-order chi connectivity index (χ1) is 21.1. The van der Waals surface area contributed by atoms with Gasteiger partial charge in [-0.2, -0.15) is 5.10 Å². The molecule has 0 aliphatic carbocycles. The zero-order valence-electron chi connectivity index (χ0n) is 23.1. The van der Waals surface area contributed by atoms with Crippen LogP contribution in [0.4, 0.5) is 0 Å². The van der Waals surface area contributed by atoms with E-state index in [4.69, 9.17) is 0 Å². The molecule has 1 aromatic heterocycles. The monoisotopic (exact) mass is 625 g/mol. The Morgan fingerprint density at radius 3 is 1.72 bits per heavy atom. The van der Waals surface area contributed by atoms with Gasteiger partial charge in [0.05, 0.1) is 17.6 Å². The fourth-order valence-electron chi connectivity index (χ4n) is 5.23. The van der Waals surface area contributed by atoms with Crippen LogP contribution in [0, 0.1) is 0 Å². The fraction of sp³-hybridized carbons (Fsp3) is 0.0270. The molecule has 6 aromatic rings. The molecule has 1 heterocycles.